The van der Waals surface area contributed by atoms with Gasteiger partial charge < -0.3 is 14.5 Å². The molecule has 1 spiro atoms. The number of hydrogen-bond donors (Lipinski definition) is 0. The number of rotatable bonds is 2. The maximum atomic E-state index is 14.4. The highest BCUT2D eigenvalue weighted by Gasteiger charge is 2.57. The molecule has 4 rings (SSSR count). The molecule has 2 fully saturated rings. The van der Waals surface area contributed by atoms with Crippen LogP contribution in [0.2, 0.25) is 0 Å². The highest BCUT2D eigenvalue weighted by molar-refractivity contribution is 5.98. The van der Waals surface area contributed by atoms with Crippen molar-refractivity contribution < 1.29 is 27.5 Å². The molecule has 3 heterocycles. The van der Waals surface area contributed by atoms with Crippen LogP contribution in [-0.4, -0.2) is 53.0 Å². The van der Waals surface area contributed by atoms with Crippen molar-refractivity contribution >= 4 is 17.5 Å². The summed E-state index contributed by atoms with van der Waals surface area (Å²) in [6.45, 7) is 2.11. The largest absolute Gasteiger partial charge is 0.437 e. The lowest BCUT2D eigenvalue weighted by atomic mass is 9.88. The number of alkyl halides is 2. The average molecular weight is 419 g/mol. The number of morpholine rings is 1. The van der Waals surface area contributed by atoms with Gasteiger partial charge in [0.05, 0.1) is 12.1 Å². The molecule has 0 unspecified atom stereocenters. The van der Waals surface area contributed by atoms with E-state index >= 15 is 0 Å². The number of benzene rings is 1. The molecular weight excluding hydrogens is 399 g/mol. The monoisotopic (exact) mass is 419 g/mol. The fraction of sp³-hybridized carbons (Fsp3) is 0.381. The zero-order chi connectivity index (χ0) is 21.5. The summed E-state index contributed by atoms with van der Waals surface area (Å²) in [7, 11) is 0. The van der Waals surface area contributed by atoms with Crippen molar-refractivity contribution in [2.45, 2.75) is 31.5 Å². The Bertz CT molecular complexity index is 973. The lowest BCUT2D eigenvalue weighted by Crippen LogP contribution is -2.65. The molecular formula is C21H20F3N3O3. The van der Waals surface area contributed by atoms with Crippen LogP contribution in [0.5, 0.6) is 0 Å². The third-order valence-electron chi connectivity index (χ3n) is 5.53. The number of pyridine rings is 1. The van der Waals surface area contributed by atoms with Gasteiger partial charge in [0, 0.05) is 36.2 Å². The van der Waals surface area contributed by atoms with Gasteiger partial charge >= 0.3 is 12.0 Å². The van der Waals surface area contributed by atoms with Crippen LogP contribution in [0.15, 0.2) is 42.6 Å². The Morgan fingerprint density at radius 1 is 1.13 bits per heavy atom. The minimum Gasteiger partial charge on any atom is -0.338 e. The molecule has 30 heavy (non-hydrogen) atoms. The highest BCUT2D eigenvalue weighted by Crippen LogP contribution is 2.40. The van der Waals surface area contributed by atoms with E-state index in [0.29, 0.717) is 11.3 Å². The SMILES string of the molecule is Cc1cc(C(=O)N2CCC3(CC2)CN(c2ccc(F)cc2)C(=O)C(F)(F)O3)ccn1. The van der Waals surface area contributed by atoms with E-state index in [2.05, 4.69) is 4.98 Å². The van der Waals surface area contributed by atoms with E-state index in [1.54, 1.807) is 30.2 Å². The molecule has 2 aliphatic heterocycles. The number of amides is 2. The van der Waals surface area contributed by atoms with Gasteiger partial charge in [-0.3, -0.25) is 14.6 Å². The first kappa shape index (κ1) is 20.3. The summed E-state index contributed by atoms with van der Waals surface area (Å²) in [5.41, 5.74) is 0.0699. The lowest BCUT2D eigenvalue weighted by molar-refractivity contribution is -0.292. The number of nitrogens with zero attached hydrogens (tertiary/aromatic N) is 3. The highest BCUT2D eigenvalue weighted by atomic mass is 19.3. The number of ether oxygens (including phenoxy) is 1. The standard InChI is InChI=1S/C21H20F3N3O3/c1-14-12-15(6-9-25-14)18(28)26-10-7-20(8-11-26)13-27(19(29)21(23,24)30-20)17-4-2-16(22)3-5-17/h2-6,9,12H,7-8,10-11,13H2,1H3. The van der Waals surface area contributed by atoms with Crippen molar-refractivity contribution in [2.24, 2.45) is 0 Å². The Balaban J connectivity index is 1.52. The van der Waals surface area contributed by atoms with Crippen molar-refractivity contribution in [3.8, 4) is 0 Å². The van der Waals surface area contributed by atoms with Gasteiger partial charge in [0.25, 0.3) is 5.91 Å². The molecule has 2 aliphatic rings. The molecule has 2 amide bonds. The molecule has 9 heteroatoms. The molecule has 0 saturated carbocycles. The van der Waals surface area contributed by atoms with Crippen LogP contribution in [0.1, 0.15) is 28.9 Å². The van der Waals surface area contributed by atoms with Gasteiger partial charge in [-0.05, 0) is 56.2 Å². The van der Waals surface area contributed by atoms with Crippen LogP contribution in [-0.2, 0) is 9.53 Å². The summed E-state index contributed by atoms with van der Waals surface area (Å²) in [6.07, 6.45) is -2.17. The van der Waals surface area contributed by atoms with Crippen LogP contribution in [0, 0.1) is 12.7 Å². The third kappa shape index (κ3) is 3.77. The van der Waals surface area contributed by atoms with Crippen LogP contribution in [0.3, 0.4) is 0 Å². The number of anilines is 1. The van der Waals surface area contributed by atoms with Gasteiger partial charge in [-0.2, -0.15) is 8.78 Å². The van der Waals surface area contributed by atoms with E-state index in [9.17, 15) is 22.8 Å². The van der Waals surface area contributed by atoms with Crippen molar-refractivity contribution in [2.75, 3.05) is 24.5 Å². The Hall–Kier alpha value is -2.94. The summed E-state index contributed by atoms with van der Waals surface area (Å²) in [4.78, 5) is 31.6. The summed E-state index contributed by atoms with van der Waals surface area (Å²) in [6, 6.07) is 8.08. The smallest absolute Gasteiger partial charge is 0.338 e. The minimum atomic E-state index is -4.00. The molecule has 6 nitrogen and oxygen atoms in total. The fourth-order valence-corrected chi connectivity index (χ4v) is 3.93. The van der Waals surface area contributed by atoms with Crippen molar-refractivity contribution in [1.82, 2.24) is 9.88 Å². The number of carbonyl (C=O) groups is 2. The second-order valence-corrected chi connectivity index (χ2v) is 7.65. The number of aryl methyl sites for hydroxylation is 1. The van der Waals surface area contributed by atoms with Gasteiger partial charge in [0.15, 0.2) is 0 Å². The number of hydrogen-bond acceptors (Lipinski definition) is 4. The maximum absolute atomic E-state index is 14.4. The first-order valence-corrected chi connectivity index (χ1v) is 9.57. The molecule has 158 valence electrons. The van der Waals surface area contributed by atoms with Gasteiger partial charge in [0.2, 0.25) is 0 Å². The van der Waals surface area contributed by atoms with E-state index < -0.39 is 23.4 Å². The van der Waals surface area contributed by atoms with Crippen molar-refractivity contribution in [3.63, 3.8) is 0 Å². The zero-order valence-electron chi connectivity index (χ0n) is 16.3. The zero-order valence-corrected chi connectivity index (χ0v) is 16.3. The summed E-state index contributed by atoms with van der Waals surface area (Å²) >= 11 is 0. The average Bonchev–Trinajstić information content (AvgIpc) is 2.71. The summed E-state index contributed by atoms with van der Waals surface area (Å²) < 4.78 is 47.1. The van der Waals surface area contributed by atoms with Crippen molar-refractivity contribution in [1.29, 1.82) is 0 Å². The molecule has 0 N–H and O–H groups in total. The van der Waals surface area contributed by atoms with E-state index in [-0.39, 0.29) is 44.1 Å². The molecule has 0 aliphatic carbocycles. The Labute approximate surface area is 171 Å². The molecule has 0 atom stereocenters. The van der Waals surface area contributed by atoms with Gasteiger partial charge in [-0.1, -0.05) is 0 Å². The predicted octanol–water partition coefficient (Wildman–Crippen LogP) is 3.16. The van der Waals surface area contributed by atoms with Crippen LogP contribution >= 0.6 is 0 Å². The normalized spacial score (nSPS) is 20.5. The third-order valence-corrected chi connectivity index (χ3v) is 5.53. The molecule has 0 radical (unpaired) electrons. The lowest BCUT2D eigenvalue weighted by Gasteiger charge is -2.48. The van der Waals surface area contributed by atoms with Crippen LogP contribution in [0.4, 0.5) is 18.9 Å². The van der Waals surface area contributed by atoms with Crippen LogP contribution < -0.4 is 4.90 Å². The number of carbonyl (C=O) groups excluding carboxylic acids is 2. The minimum absolute atomic E-state index is 0.0938. The van der Waals surface area contributed by atoms with Gasteiger partial charge in [0.1, 0.15) is 5.82 Å². The Morgan fingerprint density at radius 2 is 1.80 bits per heavy atom. The number of halogens is 3. The molecule has 2 aromatic rings. The second kappa shape index (κ2) is 7.39. The van der Waals surface area contributed by atoms with Crippen LogP contribution in [0.25, 0.3) is 0 Å². The summed E-state index contributed by atoms with van der Waals surface area (Å²) in [5, 5.41) is 0. The number of piperidine rings is 1. The van der Waals surface area contributed by atoms with Crippen molar-refractivity contribution in [3.05, 3.63) is 59.7 Å². The maximum Gasteiger partial charge on any atom is 0.437 e. The quantitative estimate of drug-likeness (QED) is 0.750. The first-order chi connectivity index (χ1) is 14.2. The second-order valence-electron chi connectivity index (χ2n) is 7.65. The first-order valence-electron chi connectivity index (χ1n) is 9.57. The van der Waals surface area contributed by atoms with Gasteiger partial charge in [-0.25, -0.2) is 4.39 Å². The van der Waals surface area contributed by atoms with E-state index in [1.807, 2.05) is 0 Å². The Kier molecular flexibility index (Phi) is 5.01. The summed E-state index contributed by atoms with van der Waals surface area (Å²) in [5.74, 6) is -2.21. The van der Waals surface area contributed by atoms with Gasteiger partial charge in [-0.15, -0.1) is 0 Å². The van der Waals surface area contributed by atoms with E-state index in [0.717, 1.165) is 17.0 Å². The van der Waals surface area contributed by atoms with E-state index in [1.165, 1.54) is 12.1 Å². The molecule has 2 saturated heterocycles. The molecule has 0 bridgehead atoms. The predicted molar refractivity (Wildman–Crippen MR) is 102 cm³/mol. The molecule has 1 aromatic carbocycles. The Morgan fingerprint density at radius 3 is 2.43 bits per heavy atom. The number of likely N-dealkylation sites (tertiary alicyclic amines) is 1. The topological polar surface area (TPSA) is 62.7 Å². The number of aromatic nitrogens is 1. The fourth-order valence-electron chi connectivity index (χ4n) is 3.93. The molecule has 1 aromatic heterocycles. The van der Waals surface area contributed by atoms with E-state index in [4.69, 9.17) is 4.74 Å².